The molecule has 0 aromatic heterocycles. The lowest BCUT2D eigenvalue weighted by atomic mass is 9.92. The van der Waals surface area contributed by atoms with Crippen molar-refractivity contribution in [2.45, 2.75) is 25.7 Å². The van der Waals surface area contributed by atoms with Crippen LogP contribution in [0.25, 0.3) is 0 Å². The predicted octanol–water partition coefficient (Wildman–Crippen LogP) is 4.98. The lowest BCUT2D eigenvalue weighted by Crippen LogP contribution is -2.14. The van der Waals surface area contributed by atoms with Gasteiger partial charge < -0.3 is 9.64 Å². The predicted molar refractivity (Wildman–Crippen MR) is 101 cm³/mol. The number of unbranched alkanes of at least 4 members (excludes halogenated alkanes) is 1. The molecule has 0 amide bonds. The molecule has 3 heteroatoms. The van der Waals surface area contributed by atoms with Crippen LogP contribution in [0.15, 0.2) is 54.6 Å². The molecule has 0 heterocycles. The molecule has 2 aromatic rings. The quantitative estimate of drug-likeness (QED) is 0.632. The molecule has 0 aliphatic carbocycles. The average molecular weight is 334 g/mol. The van der Waals surface area contributed by atoms with Crippen molar-refractivity contribution in [3.8, 4) is 5.75 Å². The van der Waals surface area contributed by atoms with Crippen LogP contribution in [0, 0.1) is 0 Å². The van der Waals surface area contributed by atoms with E-state index in [-0.39, 0.29) is 12.4 Å². The molecule has 0 aliphatic rings. The van der Waals surface area contributed by atoms with E-state index in [0.717, 1.165) is 25.3 Å². The minimum Gasteiger partial charge on any atom is -0.493 e. The van der Waals surface area contributed by atoms with E-state index in [0.29, 0.717) is 5.92 Å². The lowest BCUT2D eigenvalue weighted by Gasteiger charge is -2.17. The van der Waals surface area contributed by atoms with Crippen molar-refractivity contribution in [2.75, 3.05) is 27.2 Å². The van der Waals surface area contributed by atoms with Gasteiger partial charge in [0.15, 0.2) is 0 Å². The third-order valence-electron chi connectivity index (χ3n) is 3.94. The second-order valence-corrected chi connectivity index (χ2v) is 6.03. The number of benzene rings is 2. The fraction of sp³-hybridized carbons (Fsp3) is 0.400. The van der Waals surface area contributed by atoms with Gasteiger partial charge in [0.25, 0.3) is 0 Å². The molecule has 126 valence electrons. The Kier molecular flexibility index (Phi) is 8.75. The molecule has 0 fully saturated rings. The van der Waals surface area contributed by atoms with Gasteiger partial charge in [0.2, 0.25) is 0 Å². The zero-order valence-electron chi connectivity index (χ0n) is 14.4. The van der Waals surface area contributed by atoms with E-state index >= 15 is 0 Å². The number of hydrogen-bond acceptors (Lipinski definition) is 2. The summed E-state index contributed by atoms with van der Waals surface area (Å²) in [5, 5.41) is 0. The molecule has 23 heavy (non-hydrogen) atoms. The van der Waals surface area contributed by atoms with Gasteiger partial charge in [0, 0.05) is 11.5 Å². The van der Waals surface area contributed by atoms with Crippen molar-refractivity contribution in [3.05, 3.63) is 65.7 Å². The van der Waals surface area contributed by atoms with Gasteiger partial charge in [-0.3, -0.25) is 0 Å². The maximum atomic E-state index is 6.04. The summed E-state index contributed by atoms with van der Waals surface area (Å²) in [5.41, 5.74) is 2.59. The first-order valence-corrected chi connectivity index (χ1v) is 8.10. The molecular formula is C20H28ClNO. The van der Waals surface area contributed by atoms with Gasteiger partial charge in [-0.2, -0.15) is 0 Å². The van der Waals surface area contributed by atoms with E-state index in [9.17, 15) is 0 Å². The maximum Gasteiger partial charge on any atom is 0.123 e. The van der Waals surface area contributed by atoms with Gasteiger partial charge >= 0.3 is 0 Å². The number of ether oxygens (including phenoxy) is 1. The SMILES string of the molecule is CC(c1ccccc1)c1ccccc1OCCCCN(C)C.Cl. The maximum absolute atomic E-state index is 6.04. The molecule has 0 bridgehead atoms. The fourth-order valence-corrected chi connectivity index (χ4v) is 2.60. The largest absolute Gasteiger partial charge is 0.493 e. The second kappa shape index (κ2) is 10.3. The zero-order valence-corrected chi connectivity index (χ0v) is 15.2. The smallest absolute Gasteiger partial charge is 0.123 e. The van der Waals surface area contributed by atoms with Crippen LogP contribution < -0.4 is 4.74 Å². The first kappa shape index (κ1) is 19.5. The monoisotopic (exact) mass is 333 g/mol. The zero-order chi connectivity index (χ0) is 15.8. The molecule has 2 aromatic carbocycles. The Morgan fingerprint density at radius 2 is 1.57 bits per heavy atom. The van der Waals surface area contributed by atoms with E-state index in [2.05, 4.69) is 80.5 Å². The summed E-state index contributed by atoms with van der Waals surface area (Å²) in [7, 11) is 4.22. The van der Waals surface area contributed by atoms with Crippen molar-refractivity contribution < 1.29 is 4.74 Å². The number of hydrogen-bond donors (Lipinski definition) is 0. The Hall–Kier alpha value is -1.51. The third kappa shape index (κ3) is 6.25. The van der Waals surface area contributed by atoms with Crippen molar-refractivity contribution in [1.82, 2.24) is 4.90 Å². The Labute approximate surface area is 146 Å². The molecule has 1 atom stereocenters. The van der Waals surface area contributed by atoms with Gasteiger partial charge in [-0.25, -0.2) is 0 Å². The van der Waals surface area contributed by atoms with E-state index in [4.69, 9.17) is 4.74 Å². The number of para-hydroxylation sites is 1. The second-order valence-electron chi connectivity index (χ2n) is 6.03. The molecule has 0 N–H and O–H groups in total. The van der Waals surface area contributed by atoms with Gasteiger partial charge in [0.1, 0.15) is 5.75 Å². The molecule has 0 radical (unpaired) electrons. The van der Waals surface area contributed by atoms with Crippen LogP contribution in [0.2, 0.25) is 0 Å². The molecule has 2 nitrogen and oxygen atoms in total. The standard InChI is InChI=1S/C20H27NO.ClH/c1-17(18-11-5-4-6-12-18)19-13-7-8-14-20(19)22-16-10-9-15-21(2)3;/h4-8,11-14,17H,9-10,15-16H2,1-3H3;1H. The van der Waals surface area contributed by atoms with Crippen molar-refractivity contribution in [1.29, 1.82) is 0 Å². The first-order chi connectivity index (χ1) is 10.7. The van der Waals surface area contributed by atoms with Gasteiger partial charge in [-0.15, -0.1) is 12.4 Å². The fourth-order valence-electron chi connectivity index (χ4n) is 2.60. The summed E-state index contributed by atoms with van der Waals surface area (Å²) >= 11 is 0. The van der Waals surface area contributed by atoms with Crippen LogP contribution in [-0.4, -0.2) is 32.1 Å². The van der Waals surface area contributed by atoms with Crippen LogP contribution in [-0.2, 0) is 0 Å². The minimum atomic E-state index is 0. The minimum absolute atomic E-state index is 0. The summed E-state index contributed by atoms with van der Waals surface area (Å²) in [6.07, 6.45) is 2.26. The summed E-state index contributed by atoms with van der Waals surface area (Å²) in [5.74, 6) is 1.36. The molecule has 1 unspecified atom stereocenters. The van der Waals surface area contributed by atoms with Gasteiger partial charge in [-0.05, 0) is 45.1 Å². The molecule has 0 aliphatic heterocycles. The normalized spacial score (nSPS) is 11.8. The number of halogens is 1. The lowest BCUT2D eigenvalue weighted by molar-refractivity contribution is 0.290. The molecule has 0 saturated heterocycles. The topological polar surface area (TPSA) is 12.5 Å². The molecular weight excluding hydrogens is 306 g/mol. The Bertz CT molecular complexity index is 557. The Morgan fingerprint density at radius 3 is 2.26 bits per heavy atom. The van der Waals surface area contributed by atoms with E-state index in [1.165, 1.54) is 17.5 Å². The van der Waals surface area contributed by atoms with Crippen molar-refractivity contribution in [3.63, 3.8) is 0 Å². The van der Waals surface area contributed by atoms with Crippen molar-refractivity contribution >= 4 is 12.4 Å². The highest BCUT2D eigenvalue weighted by atomic mass is 35.5. The number of nitrogens with zero attached hydrogens (tertiary/aromatic N) is 1. The molecule has 0 spiro atoms. The Balaban J connectivity index is 0.00000264. The summed E-state index contributed by atoms with van der Waals surface area (Å²) in [4.78, 5) is 2.21. The molecule has 0 saturated carbocycles. The highest BCUT2D eigenvalue weighted by Crippen LogP contribution is 2.31. The van der Waals surface area contributed by atoms with Crippen molar-refractivity contribution in [2.24, 2.45) is 0 Å². The first-order valence-electron chi connectivity index (χ1n) is 8.10. The van der Waals surface area contributed by atoms with E-state index in [1.807, 2.05) is 0 Å². The summed E-state index contributed by atoms with van der Waals surface area (Å²) < 4.78 is 6.04. The highest BCUT2D eigenvalue weighted by molar-refractivity contribution is 5.85. The van der Waals surface area contributed by atoms with E-state index < -0.39 is 0 Å². The van der Waals surface area contributed by atoms with Crippen LogP contribution >= 0.6 is 12.4 Å². The van der Waals surface area contributed by atoms with Crippen LogP contribution in [0.3, 0.4) is 0 Å². The summed E-state index contributed by atoms with van der Waals surface area (Å²) in [6, 6.07) is 19.0. The third-order valence-corrected chi connectivity index (χ3v) is 3.94. The van der Waals surface area contributed by atoms with Gasteiger partial charge in [0.05, 0.1) is 6.61 Å². The molecule has 2 rings (SSSR count). The van der Waals surface area contributed by atoms with Gasteiger partial charge in [-0.1, -0.05) is 55.5 Å². The average Bonchev–Trinajstić information content (AvgIpc) is 2.55. The van der Waals surface area contributed by atoms with Crippen LogP contribution in [0.1, 0.15) is 36.8 Å². The van der Waals surface area contributed by atoms with Crippen LogP contribution in [0.5, 0.6) is 5.75 Å². The summed E-state index contributed by atoms with van der Waals surface area (Å²) in [6.45, 7) is 4.14. The Morgan fingerprint density at radius 1 is 0.913 bits per heavy atom. The highest BCUT2D eigenvalue weighted by Gasteiger charge is 2.12. The van der Waals surface area contributed by atoms with E-state index in [1.54, 1.807) is 0 Å². The number of rotatable bonds is 8. The van der Waals surface area contributed by atoms with Crippen LogP contribution in [0.4, 0.5) is 0 Å².